The molecule has 0 bridgehead atoms. The van der Waals surface area contributed by atoms with E-state index in [1.165, 1.54) is 26.3 Å². The van der Waals surface area contributed by atoms with Crippen LogP contribution in [0.5, 0.6) is 11.5 Å². The van der Waals surface area contributed by atoms with Crippen LogP contribution in [0.15, 0.2) is 23.3 Å². The summed E-state index contributed by atoms with van der Waals surface area (Å²) in [6.45, 7) is 1.37. The van der Waals surface area contributed by atoms with E-state index >= 15 is 0 Å². The minimum Gasteiger partial charge on any atom is -0.504 e. The van der Waals surface area contributed by atoms with Crippen molar-refractivity contribution in [2.75, 3.05) is 7.11 Å². The number of nitrogens with zero attached hydrogens (tertiary/aromatic N) is 1. The van der Waals surface area contributed by atoms with Crippen molar-refractivity contribution in [1.29, 1.82) is 0 Å². The SMILES string of the molecule is COc1cc(/C=N/NC(C)=O)ccc1O. The van der Waals surface area contributed by atoms with Gasteiger partial charge < -0.3 is 9.84 Å². The lowest BCUT2D eigenvalue weighted by molar-refractivity contribution is -0.118. The number of hydrogen-bond donors (Lipinski definition) is 2. The zero-order valence-corrected chi connectivity index (χ0v) is 8.52. The fourth-order valence-electron chi connectivity index (χ4n) is 0.972. The first-order chi connectivity index (χ1) is 7.13. The third-order valence-electron chi connectivity index (χ3n) is 1.64. The topological polar surface area (TPSA) is 70.9 Å². The van der Waals surface area contributed by atoms with E-state index in [0.717, 1.165) is 5.56 Å². The summed E-state index contributed by atoms with van der Waals surface area (Å²) in [4.78, 5) is 10.5. The Morgan fingerprint density at radius 2 is 2.33 bits per heavy atom. The molecule has 1 aromatic rings. The number of benzene rings is 1. The van der Waals surface area contributed by atoms with Gasteiger partial charge in [0.05, 0.1) is 13.3 Å². The molecular weight excluding hydrogens is 196 g/mol. The summed E-state index contributed by atoms with van der Waals surface area (Å²) in [7, 11) is 1.46. The molecule has 0 fully saturated rings. The summed E-state index contributed by atoms with van der Waals surface area (Å²) in [6, 6.07) is 4.76. The molecule has 5 heteroatoms. The first-order valence-electron chi connectivity index (χ1n) is 4.30. The van der Waals surface area contributed by atoms with Crippen molar-refractivity contribution in [1.82, 2.24) is 5.43 Å². The van der Waals surface area contributed by atoms with Gasteiger partial charge in [0.25, 0.3) is 0 Å². The van der Waals surface area contributed by atoms with Gasteiger partial charge in [-0.2, -0.15) is 5.10 Å². The number of methoxy groups -OCH3 is 1. The second-order valence-electron chi connectivity index (χ2n) is 2.86. The average molecular weight is 208 g/mol. The van der Waals surface area contributed by atoms with E-state index in [-0.39, 0.29) is 11.7 Å². The van der Waals surface area contributed by atoms with E-state index in [0.29, 0.717) is 5.75 Å². The number of hydrazone groups is 1. The summed E-state index contributed by atoms with van der Waals surface area (Å²) in [5.74, 6) is 0.188. The number of ether oxygens (including phenoxy) is 1. The van der Waals surface area contributed by atoms with Crippen LogP contribution >= 0.6 is 0 Å². The van der Waals surface area contributed by atoms with Crippen molar-refractivity contribution in [2.24, 2.45) is 5.10 Å². The predicted molar refractivity (Wildman–Crippen MR) is 56.1 cm³/mol. The Morgan fingerprint density at radius 3 is 2.93 bits per heavy atom. The lowest BCUT2D eigenvalue weighted by Gasteiger charge is -2.03. The van der Waals surface area contributed by atoms with Crippen molar-refractivity contribution in [3.63, 3.8) is 0 Å². The van der Waals surface area contributed by atoms with Crippen molar-refractivity contribution < 1.29 is 14.6 Å². The van der Waals surface area contributed by atoms with Crippen LogP contribution in [0.4, 0.5) is 0 Å². The zero-order valence-electron chi connectivity index (χ0n) is 8.52. The Labute approximate surface area is 87.4 Å². The van der Waals surface area contributed by atoms with E-state index in [1.54, 1.807) is 12.1 Å². The normalized spacial score (nSPS) is 10.3. The Morgan fingerprint density at radius 1 is 1.60 bits per heavy atom. The number of aromatic hydroxyl groups is 1. The lowest BCUT2D eigenvalue weighted by atomic mass is 10.2. The van der Waals surface area contributed by atoms with E-state index in [9.17, 15) is 9.90 Å². The Kier molecular flexibility index (Phi) is 3.68. The minimum atomic E-state index is -0.239. The number of carbonyl (C=O) groups is 1. The van der Waals surface area contributed by atoms with Crippen molar-refractivity contribution in [3.8, 4) is 11.5 Å². The molecule has 0 saturated carbocycles. The smallest absolute Gasteiger partial charge is 0.236 e. The molecule has 0 atom stereocenters. The van der Waals surface area contributed by atoms with Gasteiger partial charge in [-0.3, -0.25) is 4.79 Å². The molecule has 0 aliphatic rings. The van der Waals surface area contributed by atoms with Crippen LogP contribution in [0.3, 0.4) is 0 Å². The molecule has 0 radical (unpaired) electrons. The average Bonchev–Trinajstić information content (AvgIpc) is 2.20. The van der Waals surface area contributed by atoms with Crippen molar-refractivity contribution >= 4 is 12.1 Å². The number of nitrogens with one attached hydrogen (secondary N) is 1. The molecule has 80 valence electrons. The minimum absolute atomic E-state index is 0.0641. The highest BCUT2D eigenvalue weighted by molar-refractivity contribution is 5.82. The molecule has 0 spiro atoms. The second-order valence-corrected chi connectivity index (χ2v) is 2.86. The Bertz CT molecular complexity index is 388. The van der Waals surface area contributed by atoms with Gasteiger partial charge in [-0.25, -0.2) is 5.43 Å². The Hall–Kier alpha value is -2.04. The standard InChI is InChI=1S/C10H12N2O3/c1-7(13)12-11-6-8-3-4-9(14)10(5-8)15-2/h3-6,14H,1-2H3,(H,12,13)/b11-6+. The van der Waals surface area contributed by atoms with Gasteiger partial charge in [-0.1, -0.05) is 0 Å². The van der Waals surface area contributed by atoms with E-state index in [4.69, 9.17) is 4.74 Å². The number of carbonyl (C=O) groups excluding carboxylic acids is 1. The summed E-state index contributed by atoms with van der Waals surface area (Å²) < 4.78 is 4.91. The van der Waals surface area contributed by atoms with Crippen LogP contribution in [0.1, 0.15) is 12.5 Å². The third-order valence-corrected chi connectivity index (χ3v) is 1.64. The largest absolute Gasteiger partial charge is 0.504 e. The molecule has 2 N–H and O–H groups in total. The van der Waals surface area contributed by atoms with E-state index in [1.807, 2.05) is 0 Å². The van der Waals surface area contributed by atoms with Gasteiger partial charge >= 0.3 is 0 Å². The summed E-state index contributed by atoms with van der Waals surface area (Å²) in [5.41, 5.74) is 2.99. The van der Waals surface area contributed by atoms with Crippen LogP contribution in [0.25, 0.3) is 0 Å². The van der Waals surface area contributed by atoms with Crippen molar-refractivity contribution in [2.45, 2.75) is 6.92 Å². The molecule has 1 aromatic carbocycles. The summed E-state index contributed by atoms with van der Waals surface area (Å²) in [6.07, 6.45) is 1.46. The first kappa shape index (κ1) is 11.0. The highest BCUT2D eigenvalue weighted by atomic mass is 16.5. The molecule has 0 unspecified atom stereocenters. The van der Waals surface area contributed by atoms with Crippen LogP contribution in [-0.4, -0.2) is 24.3 Å². The molecule has 0 aliphatic heterocycles. The van der Waals surface area contributed by atoms with Crippen LogP contribution in [0.2, 0.25) is 0 Å². The summed E-state index contributed by atoms with van der Waals surface area (Å²) in [5, 5.41) is 13.0. The molecule has 0 heterocycles. The number of phenols is 1. The van der Waals surface area contributed by atoms with Crippen LogP contribution in [-0.2, 0) is 4.79 Å². The number of amides is 1. The molecule has 1 amide bonds. The molecule has 1 rings (SSSR count). The monoisotopic (exact) mass is 208 g/mol. The second kappa shape index (κ2) is 4.99. The summed E-state index contributed by atoms with van der Waals surface area (Å²) >= 11 is 0. The van der Waals surface area contributed by atoms with Gasteiger partial charge in [0.15, 0.2) is 11.5 Å². The van der Waals surface area contributed by atoms with E-state index in [2.05, 4.69) is 10.5 Å². The molecule has 15 heavy (non-hydrogen) atoms. The third kappa shape index (κ3) is 3.30. The molecule has 5 nitrogen and oxygen atoms in total. The lowest BCUT2D eigenvalue weighted by Crippen LogP contribution is -2.12. The first-order valence-corrected chi connectivity index (χ1v) is 4.30. The number of rotatable bonds is 3. The maximum absolute atomic E-state index is 10.5. The molecule has 0 saturated heterocycles. The van der Waals surface area contributed by atoms with Gasteiger partial charge in [0.1, 0.15) is 0 Å². The molecule has 0 aliphatic carbocycles. The maximum Gasteiger partial charge on any atom is 0.236 e. The van der Waals surface area contributed by atoms with E-state index < -0.39 is 0 Å². The van der Waals surface area contributed by atoms with Gasteiger partial charge in [-0.15, -0.1) is 0 Å². The number of hydrogen-bond acceptors (Lipinski definition) is 4. The van der Waals surface area contributed by atoms with Gasteiger partial charge in [0.2, 0.25) is 5.91 Å². The van der Waals surface area contributed by atoms with Crippen LogP contribution in [0, 0.1) is 0 Å². The molecular formula is C10H12N2O3. The fourth-order valence-corrected chi connectivity index (χ4v) is 0.972. The fraction of sp³-hybridized carbons (Fsp3) is 0.200. The van der Waals surface area contributed by atoms with Gasteiger partial charge in [0, 0.05) is 6.92 Å². The Balaban J connectivity index is 2.78. The predicted octanol–water partition coefficient (Wildman–Crippen LogP) is 0.871. The zero-order chi connectivity index (χ0) is 11.3. The molecule has 0 aromatic heterocycles. The maximum atomic E-state index is 10.5. The van der Waals surface area contributed by atoms with Crippen molar-refractivity contribution in [3.05, 3.63) is 23.8 Å². The highest BCUT2D eigenvalue weighted by Gasteiger charge is 2.00. The quantitative estimate of drug-likeness (QED) is 0.572. The highest BCUT2D eigenvalue weighted by Crippen LogP contribution is 2.25. The van der Waals surface area contributed by atoms with Crippen LogP contribution < -0.4 is 10.2 Å². The number of phenolic OH excluding ortho intramolecular Hbond substituents is 1. The van der Waals surface area contributed by atoms with Gasteiger partial charge in [-0.05, 0) is 23.8 Å².